The number of ether oxygens (including phenoxy) is 1. The quantitative estimate of drug-likeness (QED) is 0.446. The summed E-state index contributed by atoms with van der Waals surface area (Å²) in [5.41, 5.74) is 0.808. The lowest BCUT2D eigenvalue weighted by Gasteiger charge is -2.19. The Morgan fingerprint density at radius 3 is 2.14 bits per heavy atom. The van der Waals surface area contributed by atoms with Gasteiger partial charge in [0.1, 0.15) is 5.75 Å². The largest absolute Gasteiger partial charge is 0.423 e. The third-order valence-corrected chi connectivity index (χ3v) is 6.66. The average molecular weight is 396 g/mol. The molecule has 1 heterocycles. The lowest BCUT2D eigenvalue weighted by Crippen LogP contribution is -2.32. The summed E-state index contributed by atoms with van der Waals surface area (Å²) in [4.78, 5) is 39.3. The minimum absolute atomic E-state index is 0.0805. The van der Waals surface area contributed by atoms with Crippen molar-refractivity contribution >= 4 is 35.1 Å². The minimum atomic E-state index is -0.558. The van der Waals surface area contributed by atoms with Crippen molar-refractivity contribution in [3.8, 4) is 5.75 Å². The number of carbonyl (C=O) groups is 3. The number of hydrogen-bond acceptors (Lipinski definition) is 4. The van der Waals surface area contributed by atoms with Gasteiger partial charge in [0.05, 0.1) is 28.1 Å². The summed E-state index contributed by atoms with van der Waals surface area (Å²) < 4.78 is 5.36. The maximum absolute atomic E-state index is 12.9. The van der Waals surface area contributed by atoms with Gasteiger partial charge >= 0.3 is 5.97 Å². The van der Waals surface area contributed by atoms with E-state index in [1.165, 1.54) is 4.90 Å². The second-order valence-corrected chi connectivity index (χ2v) is 8.17. The molecule has 0 radical (unpaired) electrons. The molecule has 2 amide bonds. The van der Waals surface area contributed by atoms with Gasteiger partial charge in [0.2, 0.25) is 11.8 Å². The van der Waals surface area contributed by atoms with Crippen LogP contribution in [0.4, 0.5) is 5.69 Å². The first-order valence-corrected chi connectivity index (χ1v) is 9.87. The van der Waals surface area contributed by atoms with Gasteiger partial charge in [-0.15, -0.1) is 0 Å². The number of rotatable bonds is 3. The number of nitrogens with zero attached hydrogens (tertiary/aromatic N) is 1. The Labute approximate surface area is 167 Å². The lowest BCUT2D eigenvalue weighted by atomic mass is 9.81. The second-order valence-electron chi connectivity index (χ2n) is 7.76. The number of esters is 1. The summed E-state index contributed by atoms with van der Waals surface area (Å²) in [6.07, 6.45) is 3.11. The van der Waals surface area contributed by atoms with E-state index in [2.05, 4.69) is 0 Å². The molecule has 4 atom stereocenters. The molecular weight excluding hydrogens is 378 g/mol. The van der Waals surface area contributed by atoms with Gasteiger partial charge in [-0.1, -0.05) is 23.7 Å². The number of amides is 2. The van der Waals surface area contributed by atoms with Crippen LogP contribution in [0.3, 0.4) is 0 Å². The van der Waals surface area contributed by atoms with Crippen LogP contribution in [0.1, 0.15) is 29.6 Å². The summed E-state index contributed by atoms with van der Waals surface area (Å²) >= 11 is 6.02. The summed E-state index contributed by atoms with van der Waals surface area (Å²) in [6, 6.07) is 13.1. The van der Waals surface area contributed by atoms with Crippen LogP contribution in [-0.2, 0) is 9.59 Å². The number of carbonyl (C=O) groups excluding carboxylic acids is 3. The Hall–Kier alpha value is -2.66. The van der Waals surface area contributed by atoms with Gasteiger partial charge in [-0.05, 0) is 67.5 Å². The molecule has 5 nitrogen and oxygen atoms in total. The molecule has 3 aliphatic rings. The predicted octanol–water partition coefficient (Wildman–Crippen LogP) is 4.09. The van der Waals surface area contributed by atoms with Crippen LogP contribution in [0.25, 0.3) is 0 Å². The monoisotopic (exact) mass is 395 g/mol. The van der Waals surface area contributed by atoms with Crippen LogP contribution >= 0.6 is 11.6 Å². The third kappa shape index (κ3) is 2.57. The standard InChI is InChI=1S/C22H18ClNO4/c23-17-4-2-1-3-16(17)22(27)28-15-9-7-14(8-10-15)24-20(25)18-12-5-6-13(11-12)19(18)21(24)26/h1-4,7-10,12-13,18-19H,5-6,11H2/t12-,13-,18-,19+/m1/s1. The van der Waals surface area contributed by atoms with Gasteiger partial charge in [-0.25, -0.2) is 4.79 Å². The first-order valence-electron chi connectivity index (χ1n) is 9.49. The summed E-state index contributed by atoms with van der Waals surface area (Å²) in [6.45, 7) is 0. The number of anilines is 1. The highest BCUT2D eigenvalue weighted by Crippen LogP contribution is 2.56. The maximum atomic E-state index is 12.9. The van der Waals surface area contributed by atoms with Crippen LogP contribution in [0.15, 0.2) is 48.5 Å². The van der Waals surface area contributed by atoms with Crippen molar-refractivity contribution in [2.45, 2.75) is 19.3 Å². The Balaban J connectivity index is 1.35. The van der Waals surface area contributed by atoms with Crippen LogP contribution < -0.4 is 9.64 Å². The zero-order valence-corrected chi connectivity index (χ0v) is 15.8. The SMILES string of the molecule is O=C(Oc1ccc(N2C(=O)[C@@H]3[C@@H]4CC[C@H](C4)[C@@H]3C2=O)cc1)c1ccccc1Cl. The fourth-order valence-electron chi connectivity index (χ4n) is 5.12. The number of fused-ring (bicyclic) bond motifs is 5. The third-order valence-electron chi connectivity index (χ3n) is 6.33. The molecule has 28 heavy (non-hydrogen) atoms. The van der Waals surface area contributed by atoms with Crippen molar-refractivity contribution in [2.75, 3.05) is 4.90 Å². The molecule has 2 aromatic carbocycles. The molecule has 142 valence electrons. The highest BCUT2D eigenvalue weighted by Gasteiger charge is 2.61. The van der Waals surface area contributed by atoms with Crippen molar-refractivity contribution in [3.05, 3.63) is 59.1 Å². The summed E-state index contributed by atoms with van der Waals surface area (Å²) in [7, 11) is 0. The number of benzene rings is 2. The van der Waals surface area contributed by atoms with E-state index in [0.29, 0.717) is 28.3 Å². The molecule has 0 spiro atoms. The number of halogens is 1. The molecule has 3 fully saturated rings. The Morgan fingerprint density at radius 1 is 0.929 bits per heavy atom. The molecule has 2 bridgehead atoms. The van der Waals surface area contributed by atoms with Crippen molar-refractivity contribution < 1.29 is 19.1 Å². The molecule has 0 aromatic heterocycles. The van der Waals surface area contributed by atoms with Gasteiger partial charge < -0.3 is 4.74 Å². The molecule has 2 aromatic rings. The van der Waals surface area contributed by atoms with Gasteiger partial charge in [0.15, 0.2) is 0 Å². The topological polar surface area (TPSA) is 63.7 Å². The van der Waals surface area contributed by atoms with Gasteiger partial charge in [-0.3, -0.25) is 14.5 Å². The first-order chi connectivity index (χ1) is 13.5. The van der Waals surface area contributed by atoms with Crippen LogP contribution in [-0.4, -0.2) is 17.8 Å². The molecule has 6 heteroatoms. The predicted molar refractivity (Wildman–Crippen MR) is 103 cm³/mol. The fraction of sp³-hybridized carbons (Fsp3) is 0.318. The Bertz CT molecular complexity index is 958. The Morgan fingerprint density at radius 2 is 1.54 bits per heavy atom. The molecule has 2 saturated carbocycles. The Kier molecular flexibility index (Phi) is 4.02. The van der Waals surface area contributed by atoms with E-state index in [4.69, 9.17) is 16.3 Å². The number of hydrogen-bond donors (Lipinski definition) is 0. The van der Waals surface area contributed by atoms with E-state index in [0.717, 1.165) is 19.3 Å². The normalized spacial score (nSPS) is 28.0. The van der Waals surface area contributed by atoms with Crippen molar-refractivity contribution in [1.82, 2.24) is 0 Å². The molecule has 0 N–H and O–H groups in total. The summed E-state index contributed by atoms with van der Waals surface area (Å²) in [5, 5.41) is 0.318. The smallest absolute Gasteiger partial charge is 0.345 e. The average Bonchev–Trinajstić information content (AvgIpc) is 3.37. The van der Waals surface area contributed by atoms with Crippen LogP contribution in [0.5, 0.6) is 5.75 Å². The molecule has 1 aliphatic heterocycles. The highest BCUT2D eigenvalue weighted by atomic mass is 35.5. The zero-order chi connectivity index (χ0) is 19.4. The van der Waals surface area contributed by atoms with Gasteiger partial charge in [-0.2, -0.15) is 0 Å². The minimum Gasteiger partial charge on any atom is -0.423 e. The van der Waals surface area contributed by atoms with E-state index >= 15 is 0 Å². The van der Waals surface area contributed by atoms with Crippen molar-refractivity contribution in [3.63, 3.8) is 0 Å². The number of imide groups is 1. The second kappa shape index (κ2) is 6.45. The summed E-state index contributed by atoms with van der Waals surface area (Å²) in [5.74, 6) is 0.0180. The molecule has 2 aliphatic carbocycles. The van der Waals surface area contributed by atoms with Crippen molar-refractivity contribution in [2.24, 2.45) is 23.7 Å². The van der Waals surface area contributed by atoms with Gasteiger partial charge in [0, 0.05) is 0 Å². The van der Waals surface area contributed by atoms with E-state index < -0.39 is 5.97 Å². The molecular formula is C22H18ClNO4. The molecule has 0 unspecified atom stereocenters. The van der Waals surface area contributed by atoms with Crippen molar-refractivity contribution in [1.29, 1.82) is 0 Å². The van der Waals surface area contributed by atoms with E-state index in [-0.39, 0.29) is 29.2 Å². The van der Waals surface area contributed by atoms with E-state index in [1.54, 1.807) is 48.5 Å². The zero-order valence-electron chi connectivity index (χ0n) is 15.0. The molecule has 1 saturated heterocycles. The highest BCUT2D eigenvalue weighted by molar-refractivity contribution is 6.33. The maximum Gasteiger partial charge on any atom is 0.345 e. The van der Waals surface area contributed by atoms with Crippen LogP contribution in [0, 0.1) is 23.7 Å². The fourth-order valence-corrected chi connectivity index (χ4v) is 5.33. The lowest BCUT2D eigenvalue weighted by molar-refractivity contribution is -0.123. The first kappa shape index (κ1) is 17.4. The van der Waals surface area contributed by atoms with E-state index in [1.807, 2.05) is 0 Å². The van der Waals surface area contributed by atoms with E-state index in [9.17, 15) is 14.4 Å². The molecule has 5 rings (SSSR count). The van der Waals surface area contributed by atoms with Crippen LogP contribution in [0.2, 0.25) is 5.02 Å². The van der Waals surface area contributed by atoms with Gasteiger partial charge in [0.25, 0.3) is 0 Å².